The third-order valence-corrected chi connectivity index (χ3v) is 5.44. The van der Waals surface area contributed by atoms with Gasteiger partial charge in [0, 0.05) is 49.2 Å². The number of nitrogens with zero attached hydrogens (tertiary/aromatic N) is 2. The van der Waals surface area contributed by atoms with Crippen LogP contribution in [0.5, 0.6) is 0 Å². The number of nitrogens with one attached hydrogen (secondary N) is 1. The summed E-state index contributed by atoms with van der Waals surface area (Å²) in [7, 11) is 0. The van der Waals surface area contributed by atoms with Crippen LogP contribution in [0.3, 0.4) is 0 Å². The minimum absolute atomic E-state index is 0.150. The third kappa shape index (κ3) is 3.85. The predicted molar refractivity (Wildman–Crippen MR) is 107 cm³/mol. The molecule has 2 aliphatic rings. The molecule has 4 rings (SSSR count). The van der Waals surface area contributed by atoms with E-state index in [1.807, 2.05) is 35.2 Å². The Bertz CT molecular complexity index is 723. The van der Waals surface area contributed by atoms with E-state index in [-0.39, 0.29) is 5.91 Å². The molecule has 2 aromatic rings. The number of para-hydroxylation sites is 1. The fourth-order valence-electron chi connectivity index (χ4n) is 4.02. The lowest BCUT2D eigenvalue weighted by Gasteiger charge is -2.34. The molecule has 0 aromatic heterocycles. The van der Waals surface area contributed by atoms with Crippen molar-refractivity contribution in [2.45, 2.75) is 31.7 Å². The van der Waals surface area contributed by atoms with Gasteiger partial charge in [-0.1, -0.05) is 18.2 Å². The first-order valence-corrected chi connectivity index (χ1v) is 9.75. The van der Waals surface area contributed by atoms with Crippen molar-refractivity contribution < 1.29 is 4.79 Å². The summed E-state index contributed by atoms with van der Waals surface area (Å²) in [5.41, 5.74) is 3.16. The maximum Gasteiger partial charge on any atom is 0.253 e. The van der Waals surface area contributed by atoms with Crippen LogP contribution in [0.4, 0.5) is 11.4 Å². The van der Waals surface area contributed by atoms with Crippen LogP contribution in [-0.4, -0.2) is 43.0 Å². The predicted octanol–water partition coefficient (Wildman–Crippen LogP) is 4.00. The average molecular weight is 349 g/mol. The summed E-state index contributed by atoms with van der Waals surface area (Å²) >= 11 is 0. The topological polar surface area (TPSA) is 35.6 Å². The summed E-state index contributed by atoms with van der Waals surface area (Å²) in [6.07, 6.45) is 4.68. The van der Waals surface area contributed by atoms with Crippen LogP contribution < -0.4 is 10.2 Å². The first-order valence-electron chi connectivity index (χ1n) is 9.75. The van der Waals surface area contributed by atoms with Crippen LogP contribution in [0.15, 0.2) is 54.6 Å². The molecule has 2 aliphatic heterocycles. The molecule has 1 N–H and O–H groups in total. The first-order chi connectivity index (χ1) is 12.8. The lowest BCUT2D eigenvalue weighted by molar-refractivity contribution is 0.0715. The van der Waals surface area contributed by atoms with Crippen LogP contribution >= 0.6 is 0 Å². The van der Waals surface area contributed by atoms with Gasteiger partial charge in [-0.15, -0.1) is 0 Å². The minimum Gasteiger partial charge on any atom is -0.381 e. The molecule has 2 heterocycles. The van der Waals surface area contributed by atoms with Gasteiger partial charge in [-0.05, 0) is 62.1 Å². The van der Waals surface area contributed by atoms with Gasteiger partial charge in [-0.25, -0.2) is 0 Å². The molecule has 4 heteroatoms. The summed E-state index contributed by atoms with van der Waals surface area (Å²) in [6, 6.07) is 18.8. The van der Waals surface area contributed by atoms with Gasteiger partial charge in [0.25, 0.3) is 5.91 Å². The maximum absolute atomic E-state index is 12.9. The van der Waals surface area contributed by atoms with Gasteiger partial charge >= 0.3 is 0 Å². The second-order valence-corrected chi connectivity index (χ2v) is 7.34. The monoisotopic (exact) mass is 349 g/mol. The van der Waals surface area contributed by atoms with E-state index in [0.717, 1.165) is 50.3 Å². The van der Waals surface area contributed by atoms with Crippen molar-refractivity contribution in [3.8, 4) is 0 Å². The Morgan fingerprint density at radius 1 is 0.885 bits per heavy atom. The van der Waals surface area contributed by atoms with E-state index in [1.165, 1.54) is 18.5 Å². The molecule has 0 spiro atoms. The highest BCUT2D eigenvalue weighted by molar-refractivity contribution is 5.94. The minimum atomic E-state index is 0.150. The van der Waals surface area contributed by atoms with Crippen molar-refractivity contribution in [1.82, 2.24) is 4.90 Å². The van der Waals surface area contributed by atoms with Crippen molar-refractivity contribution in [2.75, 3.05) is 36.4 Å². The van der Waals surface area contributed by atoms with Gasteiger partial charge in [-0.3, -0.25) is 4.79 Å². The number of amides is 1. The van der Waals surface area contributed by atoms with Crippen molar-refractivity contribution in [1.29, 1.82) is 0 Å². The average Bonchev–Trinajstić information content (AvgIpc) is 3.23. The largest absolute Gasteiger partial charge is 0.381 e. The zero-order valence-corrected chi connectivity index (χ0v) is 15.2. The van der Waals surface area contributed by atoms with E-state index in [1.54, 1.807) is 0 Å². The van der Waals surface area contributed by atoms with Crippen molar-refractivity contribution in [2.24, 2.45) is 0 Å². The van der Waals surface area contributed by atoms with Gasteiger partial charge in [0.15, 0.2) is 0 Å². The molecular weight excluding hydrogens is 322 g/mol. The van der Waals surface area contributed by atoms with Gasteiger partial charge in [0.1, 0.15) is 0 Å². The maximum atomic E-state index is 12.9. The lowest BCUT2D eigenvalue weighted by Crippen LogP contribution is -2.45. The molecule has 2 saturated heterocycles. The van der Waals surface area contributed by atoms with Crippen molar-refractivity contribution in [3.05, 3.63) is 60.2 Å². The molecule has 2 aromatic carbocycles. The second-order valence-electron chi connectivity index (χ2n) is 7.34. The van der Waals surface area contributed by atoms with Gasteiger partial charge < -0.3 is 15.1 Å². The number of piperidine rings is 1. The summed E-state index contributed by atoms with van der Waals surface area (Å²) < 4.78 is 0. The highest BCUT2D eigenvalue weighted by Crippen LogP contribution is 2.22. The Morgan fingerprint density at radius 2 is 1.62 bits per heavy atom. The molecule has 1 amide bonds. The molecule has 0 aliphatic carbocycles. The summed E-state index contributed by atoms with van der Waals surface area (Å²) in [4.78, 5) is 17.3. The first kappa shape index (κ1) is 17.0. The number of benzene rings is 2. The molecule has 4 nitrogen and oxygen atoms in total. The standard InChI is InChI=1S/C22H27N3O/c26-22(18-10-12-21(13-11-18)24-14-4-5-15-24)25-16-6-9-20(17-25)23-19-7-2-1-3-8-19/h1-3,7-8,10-13,20,23H,4-6,9,14-17H2. The molecule has 1 atom stereocenters. The van der Waals surface area contributed by atoms with E-state index in [0.29, 0.717) is 6.04 Å². The molecule has 136 valence electrons. The fraction of sp³-hybridized carbons (Fsp3) is 0.409. The second kappa shape index (κ2) is 7.81. The SMILES string of the molecule is O=C(c1ccc(N2CCCC2)cc1)N1CCCC(Nc2ccccc2)C1. The number of hydrogen-bond acceptors (Lipinski definition) is 3. The summed E-state index contributed by atoms with van der Waals surface area (Å²) in [6.45, 7) is 3.87. The number of likely N-dealkylation sites (tertiary alicyclic amines) is 1. The van der Waals surface area contributed by atoms with E-state index >= 15 is 0 Å². The zero-order chi connectivity index (χ0) is 17.8. The lowest BCUT2D eigenvalue weighted by atomic mass is 10.0. The van der Waals surface area contributed by atoms with Crippen molar-refractivity contribution in [3.63, 3.8) is 0 Å². The van der Waals surface area contributed by atoms with E-state index in [9.17, 15) is 4.79 Å². The molecule has 0 saturated carbocycles. The van der Waals surface area contributed by atoms with Crippen LogP contribution in [0.2, 0.25) is 0 Å². The van der Waals surface area contributed by atoms with Gasteiger partial charge in [0.2, 0.25) is 0 Å². The number of anilines is 2. The Labute approximate surface area is 155 Å². The van der Waals surface area contributed by atoms with E-state index in [2.05, 4.69) is 34.5 Å². The molecule has 2 fully saturated rings. The number of carbonyl (C=O) groups is 1. The fourth-order valence-corrected chi connectivity index (χ4v) is 4.02. The van der Waals surface area contributed by atoms with Gasteiger partial charge in [0.05, 0.1) is 0 Å². The molecule has 26 heavy (non-hydrogen) atoms. The van der Waals surface area contributed by atoms with Crippen molar-refractivity contribution >= 4 is 17.3 Å². The molecule has 0 radical (unpaired) electrons. The number of carbonyl (C=O) groups excluding carboxylic acids is 1. The Morgan fingerprint density at radius 3 is 2.35 bits per heavy atom. The number of rotatable bonds is 4. The quantitative estimate of drug-likeness (QED) is 0.906. The highest BCUT2D eigenvalue weighted by atomic mass is 16.2. The number of hydrogen-bond donors (Lipinski definition) is 1. The Kier molecular flexibility index (Phi) is 5.09. The third-order valence-electron chi connectivity index (χ3n) is 5.44. The Balaban J connectivity index is 1.39. The molecule has 0 bridgehead atoms. The van der Waals surface area contributed by atoms with E-state index in [4.69, 9.17) is 0 Å². The van der Waals surface area contributed by atoms with Crippen LogP contribution in [0, 0.1) is 0 Å². The molecular formula is C22H27N3O. The smallest absolute Gasteiger partial charge is 0.253 e. The zero-order valence-electron chi connectivity index (χ0n) is 15.2. The van der Waals surface area contributed by atoms with E-state index < -0.39 is 0 Å². The normalized spacial score (nSPS) is 20.2. The van der Waals surface area contributed by atoms with Crippen LogP contribution in [0.25, 0.3) is 0 Å². The summed E-state index contributed by atoms with van der Waals surface area (Å²) in [5.74, 6) is 0.150. The molecule has 1 unspecified atom stereocenters. The van der Waals surface area contributed by atoms with Gasteiger partial charge in [-0.2, -0.15) is 0 Å². The van der Waals surface area contributed by atoms with Crippen LogP contribution in [0.1, 0.15) is 36.0 Å². The highest BCUT2D eigenvalue weighted by Gasteiger charge is 2.24. The van der Waals surface area contributed by atoms with Crippen LogP contribution in [-0.2, 0) is 0 Å². The Hall–Kier alpha value is -2.49. The summed E-state index contributed by atoms with van der Waals surface area (Å²) in [5, 5.41) is 3.56.